The smallest absolute Gasteiger partial charge is 0.254 e. The van der Waals surface area contributed by atoms with Crippen molar-refractivity contribution in [3.8, 4) is 0 Å². The van der Waals surface area contributed by atoms with Gasteiger partial charge in [0.1, 0.15) is 0 Å². The third-order valence-electron chi connectivity index (χ3n) is 2.76. The number of thiazole rings is 1. The van der Waals surface area contributed by atoms with Crippen LogP contribution in [0.4, 0.5) is 5.13 Å². The number of rotatable bonds is 4. The van der Waals surface area contributed by atoms with Crippen molar-refractivity contribution in [3.63, 3.8) is 0 Å². The van der Waals surface area contributed by atoms with E-state index in [4.69, 9.17) is 0 Å². The van der Waals surface area contributed by atoms with E-state index in [1.165, 1.54) is 11.3 Å². The maximum Gasteiger partial charge on any atom is 0.254 e. The molecule has 96 valence electrons. The van der Waals surface area contributed by atoms with Crippen LogP contribution in [0.1, 0.15) is 25.1 Å². The summed E-state index contributed by atoms with van der Waals surface area (Å²) >= 11 is 1.53. The van der Waals surface area contributed by atoms with Crippen LogP contribution in [0.15, 0.2) is 11.8 Å². The predicted molar refractivity (Wildman–Crippen MR) is 71.4 cm³/mol. The lowest BCUT2D eigenvalue weighted by Crippen LogP contribution is -2.21. The fourth-order valence-corrected chi connectivity index (χ4v) is 2.79. The van der Waals surface area contributed by atoms with E-state index < -0.39 is 0 Å². The van der Waals surface area contributed by atoms with Crippen LogP contribution < -0.4 is 10.2 Å². The first kappa shape index (κ1) is 12.8. The summed E-state index contributed by atoms with van der Waals surface area (Å²) in [6, 6.07) is 0. The highest BCUT2D eigenvalue weighted by molar-refractivity contribution is 7.16. The fourth-order valence-electron chi connectivity index (χ4n) is 1.78. The molecule has 2 amide bonds. The van der Waals surface area contributed by atoms with Gasteiger partial charge in [-0.2, -0.15) is 0 Å². The second-order valence-electron chi connectivity index (χ2n) is 3.94. The molecule has 6 heteroatoms. The maximum absolute atomic E-state index is 11.4. The number of hydrogen-bond donors (Lipinski definition) is 1. The molecule has 1 aromatic rings. The van der Waals surface area contributed by atoms with E-state index in [-0.39, 0.29) is 18.2 Å². The molecule has 2 heterocycles. The number of carbonyl (C=O) groups excluding carboxylic acids is 2. The van der Waals surface area contributed by atoms with Crippen LogP contribution in [0.25, 0.3) is 6.08 Å². The molecule has 1 aliphatic rings. The first-order chi connectivity index (χ1) is 8.63. The molecule has 1 aliphatic heterocycles. The average molecular weight is 265 g/mol. The highest BCUT2D eigenvalue weighted by atomic mass is 32.1. The van der Waals surface area contributed by atoms with Crippen LogP contribution in [0, 0.1) is 0 Å². The van der Waals surface area contributed by atoms with E-state index in [0.717, 1.165) is 23.1 Å². The standard InChI is InChI=1S/C12H15N3O2S/c1-3-15(4-2)12-13-7-9(18-12)5-8-6-10(16)14-11(8)17/h5,7H,3-4,6H2,1-2H3,(H,14,16,17). The van der Waals surface area contributed by atoms with Crippen LogP contribution in [0.3, 0.4) is 0 Å². The Kier molecular flexibility index (Phi) is 3.76. The Bertz CT molecular complexity index is 503. The Labute approximate surface area is 110 Å². The highest BCUT2D eigenvalue weighted by Gasteiger charge is 2.23. The molecule has 0 atom stereocenters. The summed E-state index contributed by atoms with van der Waals surface area (Å²) in [5.41, 5.74) is 0.509. The molecule has 0 radical (unpaired) electrons. The topological polar surface area (TPSA) is 62.3 Å². The van der Waals surface area contributed by atoms with Gasteiger partial charge in [-0.3, -0.25) is 14.9 Å². The number of hydrogen-bond acceptors (Lipinski definition) is 5. The van der Waals surface area contributed by atoms with Crippen LogP contribution >= 0.6 is 11.3 Å². The minimum atomic E-state index is -0.294. The molecule has 5 nitrogen and oxygen atoms in total. The second-order valence-corrected chi connectivity index (χ2v) is 4.98. The van der Waals surface area contributed by atoms with Gasteiger partial charge in [0.05, 0.1) is 6.42 Å². The summed E-state index contributed by atoms with van der Waals surface area (Å²) in [6.45, 7) is 5.95. The van der Waals surface area contributed by atoms with Gasteiger partial charge in [0.25, 0.3) is 5.91 Å². The Morgan fingerprint density at radius 1 is 1.44 bits per heavy atom. The van der Waals surface area contributed by atoms with Gasteiger partial charge < -0.3 is 4.90 Å². The Morgan fingerprint density at radius 3 is 2.72 bits per heavy atom. The van der Waals surface area contributed by atoms with Crippen LogP contribution in [-0.2, 0) is 9.59 Å². The van der Waals surface area contributed by atoms with Gasteiger partial charge in [0, 0.05) is 29.7 Å². The van der Waals surface area contributed by atoms with Crippen molar-refractivity contribution in [1.29, 1.82) is 0 Å². The van der Waals surface area contributed by atoms with Gasteiger partial charge in [0.2, 0.25) is 5.91 Å². The molecule has 1 fully saturated rings. The number of imide groups is 1. The molecule has 1 aromatic heterocycles. The maximum atomic E-state index is 11.4. The van der Waals surface area contributed by atoms with Gasteiger partial charge in [-0.1, -0.05) is 11.3 Å². The quantitative estimate of drug-likeness (QED) is 0.660. The van der Waals surface area contributed by atoms with E-state index >= 15 is 0 Å². The molecule has 0 spiro atoms. The first-order valence-electron chi connectivity index (χ1n) is 5.89. The average Bonchev–Trinajstić information content (AvgIpc) is 2.89. The van der Waals surface area contributed by atoms with Crippen molar-refractivity contribution in [2.75, 3.05) is 18.0 Å². The Balaban J connectivity index is 2.18. The molecule has 1 N–H and O–H groups in total. The van der Waals surface area contributed by atoms with E-state index in [1.807, 2.05) is 0 Å². The molecule has 0 unspecified atom stereocenters. The third-order valence-corrected chi connectivity index (χ3v) is 3.76. The minimum absolute atomic E-state index is 0.164. The van der Waals surface area contributed by atoms with Crippen molar-refractivity contribution in [1.82, 2.24) is 10.3 Å². The molecule has 0 aromatic carbocycles. The van der Waals surface area contributed by atoms with Gasteiger partial charge in [0.15, 0.2) is 5.13 Å². The number of aromatic nitrogens is 1. The number of carbonyl (C=O) groups is 2. The zero-order chi connectivity index (χ0) is 13.1. The molecule has 2 rings (SSSR count). The van der Waals surface area contributed by atoms with E-state index in [9.17, 15) is 9.59 Å². The molecular formula is C12H15N3O2S. The minimum Gasteiger partial charge on any atom is -0.349 e. The zero-order valence-electron chi connectivity index (χ0n) is 10.4. The summed E-state index contributed by atoms with van der Waals surface area (Å²) in [6.07, 6.45) is 3.64. The number of nitrogens with zero attached hydrogens (tertiary/aromatic N) is 2. The summed E-state index contributed by atoms with van der Waals surface area (Å²) < 4.78 is 0. The van der Waals surface area contributed by atoms with Gasteiger partial charge in [-0.05, 0) is 19.9 Å². The number of amides is 2. The summed E-state index contributed by atoms with van der Waals surface area (Å²) in [4.78, 5) is 29.9. The van der Waals surface area contributed by atoms with Gasteiger partial charge in [-0.15, -0.1) is 0 Å². The van der Waals surface area contributed by atoms with Crippen LogP contribution in [0.2, 0.25) is 0 Å². The molecule has 0 aliphatic carbocycles. The lowest BCUT2D eigenvalue weighted by Gasteiger charge is -2.16. The molecule has 1 saturated heterocycles. The zero-order valence-corrected chi connectivity index (χ0v) is 11.2. The molecular weight excluding hydrogens is 250 g/mol. The Hall–Kier alpha value is -1.69. The molecule has 0 bridgehead atoms. The number of anilines is 1. The highest BCUT2D eigenvalue weighted by Crippen LogP contribution is 2.25. The van der Waals surface area contributed by atoms with Gasteiger partial charge >= 0.3 is 0 Å². The van der Waals surface area contributed by atoms with Crippen molar-refractivity contribution in [2.45, 2.75) is 20.3 Å². The monoisotopic (exact) mass is 265 g/mol. The number of nitrogens with one attached hydrogen (secondary N) is 1. The van der Waals surface area contributed by atoms with Crippen LogP contribution in [-0.4, -0.2) is 29.9 Å². The first-order valence-corrected chi connectivity index (χ1v) is 6.71. The largest absolute Gasteiger partial charge is 0.349 e. The lowest BCUT2D eigenvalue weighted by molar-refractivity contribution is -0.124. The van der Waals surface area contributed by atoms with Crippen molar-refractivity contribution >= 4 is 34.4 Å². The van der Waals surface area contributed by atoms with E-state index in [0.29, 0.717) is 5.57 Å². The predicted octanol–water partition coefficient (Wildman–Crippen LogP) is 1.42. The van der Waals surface area contributed by atoms with Crippen molar-refractivity contribution in [3.05, 3.63) is 16.6 Å². The Morgan fingerprint density at radius 2 is 2.17 bits per heavy atom. The lowest BCUT2D eigenvalue weighted by atomic mass is 10.2. The normalized spacial score (nSPS) is 17.3. The summed E-state index contributed by atoms with van der Waals surface area (Å²) in [5, 5.41) is 3.21. The second kappa shape index (κ2) is 5.30. The third kappa shape index (κ3) is 2.59. The summed E-state index contributed by atoms with van der Waals surface area (Å²) in [5.74, 6) is -0.530. The summed E-state index contributed by atoms with van der Waals surface area (Å²) in [7, 11) is 0. The fraction of sp³-hybridized carbons (Fsp3) is 0.417. The molecule has 0 saturated carbocycles. The van der Waals surface area contributed by atoms with E-state index in [2.05, 4.69) is 29.0 Å². The van der Waals surface area contributed by atoms with Crippen molar-refractivity contribution < 1.29 is 9.59 Å². The molecule has 18 heavy (non-hydrogen) atoms. The van der Waals surface area contributed by atoms with Gasteiger partial charge in [-0.25, -0.2) is 4.98 Å². The van der Waals surface area contributed by atoms with E-state index in [1.54, 1.807) is 12.3 Å². The van der Waals surface area contributed by atoms with Crippen molar-refractivity contribution in [2.24, 2.45) is 0 Å². The SMILES string of the molecule is CCN(CC)c1ncc(C=C2CC(=O)NC2=O)s1. The van der Waals surface area contributed by atoms with Crippen LogP contribution in [0.5, 0.6) is 0 Å².